The molecule has 0 aliphatic rings. The number of amides is 1. The average Bonchev–Trinajstić information content (AvgIpc) is 2.57. The largest absolute Gasteiger partial charge is 0.466 e. The van der Waals surface area contributed by atoms with Crippen molar-refractivity contribution in [1.82, 2.24) is 5.32 Å². The van der Waals surface area contributed by atoms with E-state index in [1.165, 1.54) is 14.2 Å². The van der Waals surface area contributed by atoms with E-state index < -0.39 is 11.9 Å². The van der Waals surface area contributed by atoms with Crippen LogP contribution in [0.3, 0.4) is 0 Å². The average molecular weight is 305 g/mol. The molecule has 1 aromatic carbocycles. The maximum atomic E-state index is 11.8. The van der Waals surface area contributed by atoms with Gasteiger partial charge in [0.05, 0.1) is 14.2 Å². The molecule has 0 bridgehead atoms. The summed E-state index contributed by atoms with van der Waals surface area (Å²) >= 11 is 0. The SMILES string of the molecule is CNC(=O)c1ccccc1CC/C(=C/C(=O)OC)C(=O)OC. The summed E-state index contributed by atoms with van der Waals surface area (Å²) in [6.45, 7) is 0. The van der Waals surface area contributed by atoms with Crippen molar-refractivity contribution >= 4 is 17.8 Å². The Balaban J connectivity index is 2.95. The lowest BCUT2D eigenvalue weighted by Crippen LogP contribution is -2.19. The second-order valence-electron chi connectivity index (χ2n) is 4.42. The predicted molar refractivity (Wildman–Crippen MR) is 80.3 cm³/mol. The van der Waals surface area contributed by atoms with E-state index in [0.717, 1.165) is 11.6 Å². The van der Waals surface area contributed by atoms with Crippen LogP contribution in [0.5, 0.6) is 0 Å². The van der Waals surface area contributed by atoms with Crippen LogP contribution in [0.25, 0.3) is 0 Å². The molecule has 0 unspecified atom stereocenters. The van der Waals surface area contributed by atoms with Crippen molar-refractivity contribution in [3.05, 3.63) is 47.0 Å². The van der Waals surface area contributed by atoms with Crippen LogP contribution in [0.1, 0.15) is 22.3 Å². The van der Waals surface area contributed by atoms with Gasteiger partial charge in [0.15, 0.2) is 0 Å². The van der Waals surface area contributed by atoms with E-state index in [-0.39, 0.29) is 17.9 Å². The van der Waals surface area contributed by atoms with Gasteiger partial charge >= 0.3 is 11.9 Å². The molecule has 0 atom stereocenters. The number of ether oxygens (including phenoxy) is 2. The first kappa shape index (κ1) is 17.4. The van der Waals surface area contributed by atoms with E-state index in [4.69, 9.17) is 0 Å². The lowest BCUT2D eigenvalue weighted by atomic mass is 9.99. The Kier molecular flexibility index (Phi) is 6.82. The van der Waals surface area contributed by atoms with Gasteiger partial charge in [-0.15, -0.1) is 0 Å². The quantitative estimate of drug-likeness (QED) is 0.632. The molecule has 0 fully saturated rings. The summed E-state index contributed by atoms with van der Waals surface area (Å²) in [7, 11) is 4.02. The monoisotopic (exact) mass is 305 g/mol. The van der Waals surface area contributed by atoms with Crippen LogP contribution >= 0.6 is 0 Å². The number of hydrogen-bond donors (Lipinski definition) is 1. The molecule has 0 heterocycles. The number of methoxy groups -OCH3 is 2. The van der Waals surface area contributed by atoms with E-state index in [2.05, 4.69) is 14.8 Å². The summed E-state index contributed by atoms with van der Waals surface area (Å²) in [5.41, 5.74) is 1.51. The number of rotatable bonds is 6. The Labute approximate surface area is 129 Å². The van der Waals surface area contributed by atoms with Crippen molar-refractivity contribution in [2.75, 3.05) is 21.3 Å². The van der Waals surface area contributed by atoms with Crippen LogP contribution < -0.4 is 5.32 Å². The molecule has 1 aromatic rings. The minimum Gasteiger partial charge on any atom is -0.466 e. The van der Waals surface area contributed by atoms with Crippen molar-refractivity contribution in [3.8, 4) is 0 Å². The van der Waals surface area contributed by atoms with Crippen LogP contribution in [0.15, 0.2) is 35.9 Å². The minimum atomic E-state index is -0.625. The first-order chi connectivity index (χ1) is 10.5. The van der Waals surface area contributed by atoms with Crippen molar-refractivity contribution in [2.45, 2.75) is 12.8 Å². The van der Waals surface area contributed by atoms with E-state index in [0.29, 0.717) is 12.0 Å². The minimum absolute atomic E-state index is 0.195. The number of hydrogen-bond acceptors (Lipinski definition) is 5. The third-order valence-corrected chi connectivity index (χ3v) is 3.09. The van der Waals surface area contributed by atoms with Gasteiger partial charge in [-0.25, -0.2) is 9.59 Å². The van der Waals surface area contributed by atoms with Crippen LogP contribution in [-0.2, 0) is 25.5 Å². The van der Waals surface area contributed by atoms with Gasteiger partial charge in [-0.3, -0.25) is 4.79 Å². The Bertz CT molecular complexity index is 592. The van der Waals surface area contributed by atoms with E-state index in [1.54, 1.807) is 25.2 Å². The highest BCUT2D eigenvalue weighted by atomic mass is 16.5. The standard InChI is InChI=1S/C16H19NO5/c1-17-15(19)13-7-5-4-6-11(13)8-9-12(16(20)22-3)10-14(18)21-2/h4-7,10H,8-9H2,1-3H3,(H,17,19)/b12-10-. The first-order valence-corrected chi connectivity index (χ1v) is 6.70. The zero-order valence-corrected chi connectivity index (χ0v) is 12.8. The van der Waals surface area contributed by atoms with Crippen LogP contribution in [-0.4, -0.2) is 39.1 Å². The van der Waals surface area contributed by atoms with E-state index in [1.807, 2.05) is 6.07 Å². The number of nitrogens with one attached hydrogen (secondary N) is 1. The summed E-state index contributed by atoms with van der Waals surface area (Å²) in [6, 6.07) is 7.08. The summed E-state index contributed by atoms with van der Waals surface area (Å²) in [5, 5.41) is 2.57. The molecule has 0 radical (unpaired) electrons. The fourth-order valence-electron chi connectivity index (χ4n) is 1.93. The van der Waals surface area contributed by atoms with Gasteiger partial charge in [0.2, 0.25) is 0 Å². The van der Waals surface area contributed by atoms with Crippen molar-refractivity contribution in [2.24, 2.45) is 0 Å². The predicted octanol–water partition coefficient (Wildman–Crippen LogP) is 1.25. The molecule has 1 amide bonds. The Hall–Kier alpha value is -2.63. The summed E-state index contributed by atoms with van der Waals surface area (Å²) < 4.78 is 9.17. The van der Waals surface area contributed by atoms with E-state index in [9.17, 15) is 14.4 Å². The van der Waals surface area contributed by atoms with Gasteiger partial charge in [-0.05, 0) is 24.5 Å². The Morgan fingerprint density at radius 1 is 1.14 bits per heavy atom. The maximum absolute atomic E-state index is 11.8. The molecule has 118 valence electrons. The van der Waals surface area contributed by atoms with Crippen molar-refractivity contribution in [3.63, 3.8) is 0 Å². The van der Waals surface area contributed by atoms with Crippen LogP contribution in [0.2, 0.25) is 0 Å². The smallest absolute Gasteiger partial charge is 0.333 e. The maximum Gasteiger partial charge on any atom is 0.333 e. The van der Waals surface area contributed by atoms with Crippen molar-refractivity contribution in [1.29, 1.82) is 0 Å². The zero-order valence-electron chi connectivity index (χ0n) is 12.8. The Morgan fingerprint density at radius 3 is 2.41 bits per heavy atom. The molecule has 0 aliphatic carbocycles. The van der Waals surface area contributed by atoms with Gasteiger partial charge in [-0.1, -0.05) is 18.2 Å². The summed E-state index contributed by atoms with van der Waals surface area (Å²) in [5.74, 6) is -1.42. The highest BCUT2D eigenvalue weighted by Gasteiger charge is 2.15. The summed E-state index contributed by atoms with van der Waals surface area (Å²) in [6.07, 6.45) is 1.78. The molecule has 6 heteroatoms. The zero-order chi connectivity index (χ0) is 16.5. The highest BCUT2D eigenvalue weighted by molar-refractivity contribution is 5.97. The number of benzene rings is 1. The normalized spacial score (nSPS) is 10.8. The number of carbonyl (C=O) groups excluding carboxylic acids is 3. The number of esters is 2. The second kappa shape index (κ2) is 8.61. The van der Waals surface area contributed by atoms with Gasteiger partial charge in [-0.2, -0.15) is 0 Å². The molecule has 1 rings (SSSR count). The molecule has 0 saturated carbocycles. The van der Waals surface area contributed by atoms with Crippen molar-refractivity contribution < 1.29 is 23.9 Å². The first-order valence-electron chi connectivity index (χ1n) is 6.70. The molecule has 22 heavy (non-hydrogen) atoms. The molecule has 0 spiro atoms. The molecule has 1 N–H and O–H groups in total. The molecule has 0 aliphatic heterocycles. The van der Waals surface area contributed by atoms with Crippen LogP contribution in [0, 0.1) is 0 Å². The topological polar surface area (TPSA) is 81.7 Å². The van der Waals surface area contributed by atoms with E-state index >= 15 is 0 Å². The fourth-order valence-corrected chi connectivity index (χ4v) is 1.93. The van der Waals surface area contributed by atoms with Gasteiger partial charge < -0.3 is 14.8 Å². The second-order valence-corrected chi connectivity index (χ2v) is 4.42. The third kappa shape index (κ3) is 4.73. The van der Waals surface area contributed by atoms with Gasteiger partial charge in [0.25, 0.3) is 5.91 Å². The van der Waals surface area contributed by atoms with Gasteiger partial charge in [0, 0.05) is 24.3 Å². The number of carbonyl (C=O) groups is 3. The fraction of sp³-hybridized carbons (Fsp3) is 0.312. The number of aryl methyl sites for hydroxylation is 1. The molecule has 6 nitrogen and oxygen atoms in total. The molecule has 0 saturated heterocycles. The lowest BCUT2D eigenvalue weighted by Gasteiger charge is -2.09. The molecular weight excluding hydrogens is 286 g/mol. The Morgan fingerprint density at radius 2 is 1.82 bits per heavy atom. The molecular formula is C16H19NO5. The molecule has 0 aromatic heterocycles. The van der Waals surface area contributed by atoms with Gasteiger partial charge in [0.1, 0.15) is 0 Å². The lowest BCUT2D eigenvalue weighted by molar-refractivity contribution is -0.138. The third-order valence-electron chi connectivity index (χ3n) is 3.09. The van der Waals surface area contributed by atoms with Crippen LogP contribution in [0.4, 0.5) is 0 Å². The summed E-state index contributed by atoms with van der Waals surface area (Å²) in [4.78, 5) is 34.8. The highest BCUT2D eigenvalue weighted by Crippen LogP contribution is 2.15.